The topological polar surface area (TPSA) is 53.2 Å². The van der Waals surface area contributed by atoms with Crippen LogP contribution >= 0.6 is 0 Å². The second-order valence-corrected chi connectivity index (χ2v) is 5.42. The van der Waals surface area contributed by atoms with Crippen molar-refractivity contribution < 1.29 is 4.79 Å². The molecule has 4 nitrogen and oxygen atoms in total. The van der Waals surface area contributed by atoms with Crippen molar-refractivity contribution in [1.29, 1.82) is 0 Å². The van der Waals surface area contributed by atoms with Gasteiger partial charge in [0, 0.05) is 18.8 Å². The molecule has 1 aliphatic rings. The molecule has 1 aromatic rings. The first-order valence-corrected chi connectivity index (χ1v) is 7.58. The maximum absolute atomic E-state index is 11.5. The molecular formula is C16H25N3O. The van der Waals surface area contributed by atoms with Gasteiger partial charge < -0.3 is 16.0 Å². The van der Waals surface area contributed by atoms with E-state index >= 15 is 0 Å². The molecule has 0 aliphatic carbocycles. The normalized spacial score (nSPS) is 18.6. The van der Waals surface area contributed by atoms with Crippen molar-refractivity contribution in [2.24, 2.45) is 5.92 Å². The Hall–Kier alpha value is -1.55. The lowest BCUT2D eigenvalue weighted by molar-refractivity contribution is -0.120. The van der Waals surface area contributed by atoms with Gasteiger partial charge in [-0.1, -0.05) is 12.1 Å². The van der Waals surface area contributed by atoms with Gasteiger partial charge in [0.25, 0.3) is 0 Å². The Labute approximate surface area is 121 Å². The van der Waals surface area contributed by atoms with Crippen LogP contribution < -0.4 is 16.0 Å². The third kappa shape index (κ3) is 4.85. The zero-order valence-electron chi connectivity index (χ0n) is 12.2. The van der Waals surface area contributed by atoms with Crippen molar-refractivity contribution in [3.8, 4) is 0 Å². The molecule has 1 heterocycles. The number of piperidine rings is 1. The maximum Gasteiger partial charge on any atom is 0.224 e. The number of anilines is 1. The maximum atomic E-state index is 11.5. The fourth-order valence-electron chi connectivity index (χ4n) is 2.55. The first kappa shape index (κ1) is 14.9. The molecule has 0 spiro atoms. The van der Waals surface area contributed by atoms with E-state index in [4.69, 9.17) is 0 Å². The van der Waals surface area contributed by atoms with Gasteiger partial charge in [0.15, 0.2) is 0 Å². The molecule has 0 saturated carbocycles. The van der Waals surface area contributed by atoms with Crippen LogP contribution in [0.1, 0.15) is 25.3 Å². The van der Waals surface area contributed by atoms with Crippen molar-refractivity contribution in [1.82, 2.24) is 10.6 Å². The number of rotatable bonds is 6. The fourth-order valence-corrected chi connectivity index (χ4v) is 2.55. The third-order valence-corrected chi connectivity index (χ3v) is 3.69. The van der Waals surface area contributed by atoms with Crippen LogP contribution in [-0.2, 0) is 11.2 Å². The van der Waals surface area contributed by atoms with E-state index in [9.17, 15) is 4.79 Å². The van der Waals surface area contributed by atoms with E-state index < -0.39 is 0 Å². The molecule has 3 N–H and O–H groups in total. The minimum atomic E-state index is 0.0847. The van der Waals surface area contributed by atoms with Gasteiger partial charge in [-0.05, 0) is 56.5 Å². The molecular weight excluding hydrogens is 250 g/mol. The molecule has 1 aromatic carbocycles. The summed E-state index contributed by atoms with van der Waals surface area (Å²) in [6.45, 7) is 5.91. The van der Waals surface area contributed by atoms with E-state index in [1.54, 1.807) is 0 Å². The molecule has 1 amide bonds. The number of hydrogen-bond donors (Lipinski definition) is 3. The molecule has 2 rings (SSSR count). The highest BCUT2D eigenvalue weighted by Gasteiger charge is 2.12. The van der Waals surface area contributed by atoms with Crippen LogP contribution in [0.5, 0.6) is 0 Å². The van der Waals surface area contributed by atoms with Crippen LogP contribution in [-0.4, -0.2) is 32.1 Å². The number of benzene rings is 1. The Morgan fingerprint density at radius 3 is 2.80 bits per heavy atom. The first-order valence-electron chi connectivity index (χ1n) is 7.58. The van der Waals surface area contributed by atoms with Crippen LogP contribution in [0.2, 0.25) is 0 Å². The highest BCUT2D eigenvalue weighted by molar-refractivity contribution is 5.78. The lowest BCUT2D eigenvalue weighted by Gasteiger charge is -2.23. The average Bonchev–Trinajstić information content (AvgIpc) is 2.48. The van der Waals surface area contributed by atoms with Gasteiger partial charge in [-0.15, -0.1) is 0 Å². The highest BCUT2D eigenvalue weighted by atomic mass is 16.1. The SMILES string of the molecule is CCNC(=O)Cc1ccc(NCC2CCCNC2)cc1. The van der Waals surface area contributed by atoms with E-state index in [1.807, 2.05) is 19.1 Å². The average molecular weight is 275 g/mol. The second kappa shape index (κ2) is 7.90. The number of amides is 1. The van der Waals surface area contributed by atoms with Crippen molar-refractivity contribution in [3.05, 3.63) is 29.8 Å². The lowest BCUT2D eigenvalue weighted by Crippen LogP contribution is -2.33. The van der Waals surface area contributed by atoms with E-state index in [0.717, 1.165) is 36.8 Å². The summed E-state index contributed by atoms with van der Waals surface area (Å²) in [7, 11) is 0. The largest absolute Gasteiger partial charge is 0.385 e. The minimum Gasteiger partial charge on any atom is -0.385 e. The van der Waals surface area contributed by atoms with E-state index in [-0.39, 0.29) is 5.91 Å². The van der Waals surface area contributed by atoms with Gasteiger partial charge in [0.05, 0.1) is 6.42 Å². The van der Waals surface area contributed by atoms with Crippen molar-refractivity contribution in [3.63, 3.8) is 0 Å². The summed E-state index contributed by atoms with van der Waals surface area (Å²) >= 11 is 0. The predicted molar refractivity (Wildman–Crippen MR) is 82.9 cm³/mol. The van der Waals surface area contributed by atoms with E-state index in [0.29, 0.717) is 13.0 Å². The zero-order chi connectivity index (χ0) is 14.2. The molecule has 1 atom stereocenters. The van der Waals surface area contributed by atoms with Crippen LogP contribution in [0.4, 0.5) is 5.69 Å². The first-order chi connectivity index (χ1) is 9.78. The summed E-state index contributed by atoms with van der Waals surface area (Å²) in [5.74, 6) is 0.806. The summed E-state index contributed by atoms with van der Waals surface area (Å²) < 4.78 is 0. The molecule has 1 aliphatic heterocycles. The smallest absolute Gasteiger partial charge is 0.224 e. The lowest BCUT2D eigenvalue weighted by atomic mass is 9.99. The second-order valence-electron chi connectivity index (χ2n) is 5.42. The van der Waals surface area contributed by atoms with Gasteiger partial charge in [-0.3, -0.25) is 4.79 Å². The van der Waals surface area contributed by atoms with Gasteiger partial charge in [0.2, 0.25) is 5.91 Å². The van der Waals surface area contributed by atoms with Crippen molar-refractivity contribution in [2.45, 2.75) is 26.2 Å². The quantitative estimate of drug-likeness (QED) is 0.742. The predicted octanol–water partition coefficient (Wildman–Crippen LogP) is 1.78. The standard InChI is InChI=1S/C16H25N3O/c1-2-18-16(20)10-13-5-7-15(8-6-13)19-12-14-4-3-9-17-11-14/h5-8,14,17,19H,2-4,9-12H2,1H3,(H,18,20). The Bertz CT molecular complexity index is 410. The molecule has 110 valence electrons. The number of hydrogen-bond acceptors (Lipinski definition) is 3. The summed E-state index contributed by atoms with van der Waals surface area (Å²) in [4.78, 5) is 11.5. The summed E-state index contributed by atoms with van der Waals surface area (Å²) in [5.41, 5.74) is 2.19. The Balaban J connectivity index is 1.77. The summed E-state index contributed by atoms with van der Waals surface area (Å²) in [6.07, 6.45) is 3.04. The number of likely N-dealkylation sites (N-methyl/N-ethyl adjacent to an activating group) is 1. The van der Waals surface area contributed by atoms with Gasteiger partial charge in [0.1, 0.15) is 0 Å². The van der Waals surface area contributed by atoms with Gasteiger partial charge in [-0.2, -0.15) is 0 Å². The summed E-state index contributed by atoms with van der Waals surface area (Å²) in [6, 6.07) is 8.17. The molecule has 1 fully saturated rings. The van der Waals surface area contributed by atoms with Gasteiger partial charge in [-0.25, -0.2) is 0 Å². The summed E-state index contributed by atoms with van der Waals surface area (Å²) in [5, 5.41) is 9.72. The van der Waals surface area contributed by atoms with Crippen LogP contribution in [0.3, 0.4) is 0 Å². The van der Waals surface area contributed by atoms with E-state index in [1.165, 1.54) is 12.8 Å². The Kier molecular flexibility index (Phi) is 5.87. The molecule has 0 aromatic heterocycles. The Morgan fingerprint density at radius 2 is 2.15 bits per heavy atom. The van der Waals surface area contributed by atoms with Gasteiger partial charge >= 0.3 is 0 Å². The zero-order valence-corrected chi connectivity index (χ0v) is 12.2. The van der Waals surface area contributed by atoms with E-state index in [2.05, 4.69) is 28.1 Å². The Morgan fingerprint density at radius 1 is 1.35 bits per heavy atom. The third-order valence-electron chi connectivity index (χ3n) is 3.69. The molecule has 0 radical (unpaired) electrons. The van der Waals surface area contributed by atoms with Crippen LogP contribution in [0, 0.1) is 5.92 Å². The molecule has 20 heavy (non-hydrogen) atoms. The molecule has 4 heteroatoms. The molecule has 1 unspecified atom stereocenters. The minimum absolute atomic E-state index is 0.0847. The number of carbonyl (C=O) groups is 1. The molecule has 1 saturated heterocycles. The fraction of sp³-hybridized carbons (Fsp3) is 0.562. The van der Waals surface area contributed by atoms with Crippen LogP contribution in [0.15, 0.2) is 24.3 Å². The molecule has 0 bridgehead atoms. The van der Waals surface area contributed by atoms with Crippen molar-refractivity contribution in [2.75, 3.05) is 31.5 Å². The monoisotopic (exact) mass is 275 g/mol. The van der Waals surface area contributed by atoms with Crippen LogP contribution in [0.25, 0.3) is 0 Å². The number of nitrogens with one attached hydrogen (secondary N) is 3. The van der Waals surface area contributed by atoms with Crippen molar-refractivity contribution >= 4 is 11.6 Å². The highest BCUT2D eigenvalue weighted by Crippen LogP contribution is 2.14. The number of carbonyl (C=O) groups excluding carboxylic acids is 1.